The van der Waals surface area contributed by atoms with Gasteiger partial charge in [-0.3, -0.25) is 4.79 Å². The Balaban J connectivity index is 2.21. The van der Waals surface area contributed by atoms with Gasteiger partial charge < -0.3 is 5.11 Å². The Morgan fingerprint density at radius 3 is 2.44 bits per heavy atom. The zero-order chi connectivity index (χ0) is 12.1. The second kappa shape index (κ2) is 3.51. The number of alkyl halides is 4. The van der Waals surface area contributed by atoms with Gasteiger partial charge in [-0.1, -0.05) is 11.8 Å². The van der Waals surface area contributed by atoms with Gasteiger partial charge in [0.05, 0.1) is 5.92 Å². The quantitative estimate of drug-likeness (QED) is 0.735. The van der Waals surface area contributed by atoms with Crippen molar-refractivity contribution in [3.63, 3.8) is 0 Å². The number of hydrogen-bond donors (Lipinski definition) is 1. The minimum Gasteiger partial charge on any atom is -0.481 e. The summed E-state index contributed by atoms with van der Waals surface area (Å²) in [6, 6.07) is 0. The molecule has 2 fully saturated rings. The summed E-state index contributed by atoms with van der Waals surface area (Å²) in [6.45, 7) is 0. The fourth-order valence-electron chi connectivity index (χ4n) is 2.37. The monoisotopic (exact) mass is 258 g/mol. The number of aliphatic carboxylic acids is 1. The van der Waals surface area contributed by atoms with Gasteiger partial charge in [0.15, 0.2) is 0 Å². The van der Waals surface area contributed by atoms with Crippen LogP contribution >= 0.6 is 11.8 Å². The maximum absolute atomic E-state index is 13.3. The van der Waals surface area contributed by atoms with Gasteiger partial charge in [0.25, 0.3) is 0 Å². The normalized spacial score (nSPS) is 40.4. The molecule has 2 nitrogen and oxygen atoms in total. The highest BCUT2D eigenvalue weighted by atomic mass is 32.2. The van der Waals surface area contributed by atoms with E-state index >= 15 is 0 Å². The molecule has 2 rings (SSSR count). The van der Waals surface area contributed by atoms with E-state index in [1.807, 2.05) is 0 Å². The van der Waals surface area contributed by atoms with E-state index in [-0.39, 0.29) is 31.0 Å². The predicted molar refractivity (Wildman–Crippen MR) is 49.7 cm³/mol. The van der Waals surface area contributed by atoms with E-state index in [4.69, 9.17) is 5.11 Å². The SMILES string of the molecule is O=C(O)[C@@H]1CC[C@@H]2SC(F)(F)C(F)(F)[C@@H]2C1. The summed E-state index contributed by atoms with van der Waals surface area (Å²) < 4.78 is 52.7. The van der Waals surface area contributed by atoms with Crippen molar-refractivity contribution in [2.75, 3.05) is 0 Å². The van der Waals surface area contributed by atoms with Crippen LogP contribution in [0.2, 0.25) is 0 Å². The van der Waals surface area contributed by atoms with Crippen LogP contribution in [0.15, 0.2) is 0 Å². The third-order valence-electron chi connectivity index (χ3n) is 3.29. The van der Waals surface area contributed by atoms with Gasteiger partial charge in [-0.05, 0) is 19.3 Å². The number of rotatable bonds is 1. The molecule has 1 saturated heterocycles. The first-order valence-corrected chi connectivity index (χ1v) is 5.80. The Labute approximate surface area is 93.4 Å². The topological polar surface area (TPSA) is 37.3 Å². The van der Waals surface area contributed by atoms with Crippen LogP contribution in [0.4, 0.5) is 17.6 Å². The zero-order valence-corrected chi connectivity index (χ0v) is 8.95. The zero-order valence-electron chi connectivity index (χ0n) is 8.13. The summed E-state index contributed by atoms with van der Waals surface area (Å²) in [7, 11) is 0. The molecular weight excluding hydrogens is 248 g/mol. The van der Waals surface area contributed by atoms with Crippen LogP contribution in [0, 0.1) is 11.8 Å². The fraction of sp³-hybridized carbons (Fsp3) is 0.889. The van der Waals surface area contributed by atoms with E-state index in [1.165, 1.54) is 0 Å². The van der Waals surface area contributed by atoms with E-state index < -0.39 is 34.2 Å². The Kier molecular flexibility index (Phi) is 2.64. The summed E-state index contributed by atoms with van der Waals surface area (Å²) in [5.74, 6) is -7.69. The molecule has 1 saturated carbocycles. The predicted octanol–water partition coefficient (Wildman–Crippen LogP) is 2.83. The number of fused-ring (bicyclic) bond motifs is 1. The molecule has 16 heavy (non-hydrogen) atoms. The molecule has 1 aliphatic carbocycles. The van der Waals surface area contributed by atoms with Crippen LogP contribution in [-0.4, -0.2) is 27.5 Å². The van der Waals surface area contributed by atoms with Crippen molar-refractivity contribution in [1.29, 1.82) is 0 Å². The minimum absolute atomic E-state index is 0.00381. The van der Waals surface area contributed by atoms with Gasteiger partial charge in [-0.25, -0.2) is 0 Å². The van der Waals surface area contributed by atoms with Gasteiger partial charge in [-0.2, -0.15) is 17.6 Å². The van der Waals surface area contributed by atoms with Crippen molar-refractivity contribution in [2.45, 2.75) is 35.7 Å². The second-order valence-electron chi connectivity index (χ2n) is 4.25. The molecule has 92 valence electrons. The Bertz CT molecular complexity index is 321. The lowest BCUT2D eigenvalue weighted by molar-refractivity contribution is -0.182. The Morgan fingerprint density at radius 2 is 1.88 bits per heavy atom. The third-order valence-corrected chi connectivity index (χ3v) is 4.72. The van der Waals surface area contributed by atoms with Gasteiger partial charge in [-0.15, -0.1) is 0 Å². The van der Waals surface area contributed by atoms with Crippen LogP contribution in [0.5, 0.6) is 0 Å². The number of carboxylic acids is 1. The molecule has 0 aromatic heterocycles. The summed E-state index contributed by atoms with van der Waals surface area (Å²) in [5, 5.41) is 3.84. The van der Waals surface area contributed by atoms with E-state index in [9.17, 15) is 22.4 Å². The highest BCUT2D eigenvalue weighted by Crippen LogP contribution is 2.62. The van der Waals surface area contributed by atoms with E-state index in [2.05, 4.69) is 0 Å². The van der Waals surface area contributed by atoms with Crippen molar-refractivity contribution in [3.8, 4) is 0 Å². The Morgan fingerprint density at radius 1 is 1.25 bits per heavy atom. The van der Waals surface area contributed by atoms with Crippen molar-refractivity contribution in [2.24, 2.45) is 11.8 Å². The number of halogens is 4. The van der Waals surface area contributed by atoms with E-state index in [0.717, 1.165) is 0 Å². The van der Waals surface area contributed by atoms with Gasteiger partial charge in [0.1, 0.15) is 0 Å². The molecule has 2 aliphatic rings. The van der Waals surface area contributed by atoms with Gasteiger partial charge >= 0.3 is 17.1 Å². The van der Waals surface area contributed by atoms with Crippen molar-refractivity contribution in [3.05, 3.63) is 0 Å². The molecule has 0 aromatic rings. The molecule has 7 heteroatoms. The largest absolute Gasteiger partial charge is 0.481 e. The molecule has 0 spiro atoms. The van der Waals surface area contributed by atoms with Crippen LogP contribution < -0.4 is 0 Å². The first-order chi connectivity index (χ1) is 7.25. The number of hydrogen-bond acceptors (Lipinski definition) is 2. The molecule has 0 unspecified atom stereocenters. The van der Waals surface area contributed by atoms with Gasteiger partial charge in [0.2, 0.25) is 0 Å². The van der Waals surface area contributed by atoms with Gasteiger partial charge in [0, 0.05) is 11.2 Å². The maximum atomic E-state index is 13.3. The lowest BCUT2D eigenvalue weighted by Gasteiger charge is -2.31. The number of thioether (sulfide) groups is 1. The molecule has 1 N–H and O–H groups in total. The third kappa shape index (κ3) is 1.59. The second-order valence-corrected chi connectivity index (χ2v) is 5.60. The maximum Gasteiger partial charge on any atom is 0.356 e. The Hall–Kier alpha value is -0.460. The first kappa shape index (κ1) is 12.0. The molecule has 3 atom stereocenters. The van der Waals surface area contributed by atoms with Crippen LogP contribution in [0.1, 0.15) is 19.3 Å². The highest BCUT2D eigenvalue weighted by Gasteiger charge is 2.70. The molecule has 0 bridgehead atoms. The minimum atomic E-state index is -4.09. The summed E-state index contributed by atoms with van der Waals surface area (Å²) in [6.07, 6.45) is -0.0251. The molecule has 1 heterocycles. The standard InChI is InChI=1S/C9H10F4O2S/c10-8(11)5-3-4(7(14)15)1-2-6(5)16-9(8,12)13/h4-6H,1-3H2,(H,14,15)/t4-,5-,6+/m1/s1. The molecule has 0 radical (unpaired) electrons. The fourth-order valence-corrected chi connectivity index (χ4v) is 3.76. The smallest absolute Gasteiger partial charge is 0.356 e. The first-order valence-electron chi connectivity index (χ1n) is 4.92. The van der Waals surface area contributed by atoms with Crippen molar-refractivity contribution >= 4 is 17.7 Å². The lowest BCUT2D eigenvalue weighted by atomic mass is 9.78. The van der Waals surface area contributed by atoms with E-state index in [1.54, 1.807) is 0 Å². The summed E-state index contributed by atoms with van der Waals surface area (Å²) >= 11 is -0.00381. The average Bonchev–Trinajstić information content (AvgIpc) is 2.33. The van der Waals surface area contributed by atoms with Crippen molar-refractivity contribution in [1.82, 2.24) is 0 Å². The van der Waals surface area contributed by atoms with E-state index in [0.29, 0.717) is 0 Å². The molecule has 0 aromatic carbocycles. The number of carboxylic acid groups (broad SMARTS) is 1. The molecule has 0 amide bonds. The summed E-state index contributed by atoms with van der Waals surface area (Å²) in [5.41, 5.74) is 0. The lowest BCUT2D eigenvalue weighted by Crippen LogP contribution is -2.42. The highest BCUT2D eigenvalue weighted by molar-refractivity contribution is 8.01. The van der Waals surface area contributed by atoms with Crippen LogP contribution in [-0.2, 0) is 4.79 Å². The van der Waals surface area contributed by atoms with Crippen molar-refractivity contribution < 1.29 is 27.5 Å². The van der Waals surface area contributed by atoms with Crippen LogP contribution in [0.25, 0.3) is 0 Å². The summed E-state index contributed by atoms with van der Waals surface area (Å²) in [4.78, 5) is 10.7. The molecular formula is C9H10F4O2S. The average molecular weight is 258 g/mol. The van der Waals surface area contributed by atoms with Crippen LogP contribution in [0.3, 0.4) is 0 Å². The number of carbonyl (C=O) groups is 1. The molecule has 1 aliphatic heterocycles.